The summed E-state index contributed by atoms with van der Waals surface area (Å²) >= 11 is 0. The molecule has 0 bridgehead atoms. The molecule has 4 rings (SSSR count). The number of hydrogen-bond acceptors (Lipinski definition) is 4. The standard InChI is InChI=1S/C25H42O5/c1-13(5-8-21(28)29)16-6-7-17-22-19(12-20(27)25(16,17)4)24(3)10-9-15(26)11-18(24)14(2)23(22)30/h13-20,22-23,26-27,30H,5-12H2,1-4H3,(H,28,29)/t13-,14?,15-,16-,17+,18+,19+,20+,22+,23+,24+,25-/m1/s1. The summed E-state index contributed by atoms with van der Waals surface area (Å²) in [7, 11) is 0. The molecule has 0 spiro atoms. The summed E-state index contributed by atoms with van der Waals surface area (Å²) < 4.78 is 0. The Balaban J connectivity index is 1.64. The van der Waals surface area contributed by atoms with Gasteiger partial charge in [0.15, 0.2) is 0 Å². The van der Waals surface area contributed by atoms with Crippen molar-refractivity contribution in [2.75, 3.05) is 0 Å². The topological polar surface area (TPSA) is 98.0 Å². The van der Waals surface area contributed by atoms with E-state index in [1.807, 2.05) is 0 Å². The van der Waals surface area contributed by atoms with E-state index in [1.54, 1.807) is 0 Å². The summed E-state index contributed by atoms with van der Waals surface area (Å²) in [6.07, 6.45) is 5.11. The zero-order valence-electron chi connectivity index (χ0n) is 19.1. The highest BCUT2D eigenvalue weighted by Gasteiger charge is 2.67. The number of carbonyl (C=O) groups is 1. The molecule has 4 saturated carbocycles. The summed E-state index contributed by atoms with van der Waals surface area (Å²) in [5.41, 5.74) is -0.185. The third-order valence-electron chi connectivity index (χ3n) is 10.8. The van der Waals surface area contributed by atoms with E-state index in [4.69, 9.17) is 5.11 Å². The number of rotatable bonds is 4. The molecule has 5 nitrogen and oxygen atoms in total. The van der Waals surface area contributed by atoms with Crippen molar-refractivity contribution in [2.45, 2.75) is 97.4 Å². The Morgan fingerprint density at radius 2 is 1.73 bits per heavy atom. The van der Waals surface area contributed by atoms with Gasteiger partial charge in [-0.2, -0.15) is 0 Å². The average molecular weight is 423 g/mol. The first-order chi connectivity index (χ1) is 14.0. The molecule has 0 saturated heterocycles. The van der Waals surface area contributed by atoms with Gasteiger partial charge in [-0.25, -0.2) is 0 Å². The van der Waals surface area contributed by atoms with Crippen LogP contribution in [0, 0.1) is 52.3 Å². The van der Waals surface area contributed by atoms with E-state index in [-0.39, 0.29) is 53.1 Å². The molecule has 4 aliphatic rings. The molecule has 12 atom stereocenters. The van der Waals surface area contributed by atoms with Crippen LogP contribution in [0.1, 0.15) is 79.1 Å². The van der Waals surface area contributed by atoms with Gasteiger partial charge >= 0.3 is 5.97 Å². The Hall–Kier alpha value is -0.650. The summed E-state index contributed by atoms with van der Waals surface area (Å²) in [5.74, 6) is 1.05. The van der Waals surface area contributed by atoms with Crippen LogP contribution in [0.2, 0.25) is 0 Å². The summed E-state index contributed by atoms with van der Waals surface area (Å²) in [6.45, 7) is 8.91. The van der Waals surface area contributed by atoms with E-state index in [2.05, 4.69) is 27.7 Å². The van der Waals surface area contributed by atoms with Crippen molar-refractivity contribution in [3.05, 3.63) is 0 Å². The largest absolute Gasteiger partial charge is 0.481 e. The third kappa shape index (κ3) is 3.17. The van der Waals surface area contributed by atoms with Gasteiger partial charge in [-0.3, -0.25) is 4.79 Å². The van der Waals surface area contributed by atoms with Crippen LogP contribution in [0.4, 0.5) is 0 Å². The van der Waals surface area contributed by atoms with Gasteiger partial charge in [0.1, 0.15) is 0 Å². The second-order valence-corrected chi connectivity index (χ2v) is 11.9. The Kier molecular flexibility index (Phi) is 5.81. The Morgan fingerprint density at radius 3 is 2.40 bits per heavy atom. The van der Waals surface area contributed by atoms with E-state index < -0.39 is 12.1 Å². The van der Waals surface area contributed by atoms with Crippen LogP contribution in [-0.4, -0.2) is 44.7 Å². The van der Waals surface area contributed by atoms with E-state index in [9.17, 15) is 20.1 Å². The van der Waals surface area contributed by atoms with Crippen molar-refractivity contribution in [3.8, 4) is 0 Å². The monoisotopic (exact) mass is 422 g/mol. The maximum absolute atomic E-state index is 11.5. The highest BCUT2D eigenvalue weighted by Crippen LogP contribution is 2.69. The zero-order valence-corrected chi connectivity index (χ0v) is 19.1. The van der Waals surface area contributed by atoms with E-state index >= 15 is 0 Å². The van der Waals surface area contributed by atoms with Crippen molar-refractivity contribution >= 4 is 5.97 Å². The first-order valence-corrected chi connectivity index (χ1v) is 12.3. The molecule has 0 heterocycles. The molecular weight excluding hydrogens is 380 g/mol. The SMILES string of the molecule is CC1[C@H](O)[C@@H]2[C@H](C[C@H](O)[C@]3(C)[C@@H]([C@H](C)CCC(=O)O)CC[C@@H]23)[C@@]2(C)CC[C@@H](O)C[C@@H]12. The van der Waals surface area contributed by atoms with E-state index in [0.717, 1.165) is 38.5 Å². The van der Waals surface area contributed by atoms with Gasteiger partial charge in [-0.05, 0) is 97.2 Å². The molecule has 0 aromatic rings. The fourth-order valence-corrected chi connectivity index (χ4v) is 9.13. The smallest absolute Gasteiger partial charge is 0.303 e. The second-order valence-electron chi connectivity index (χ2n) is 11.9. The summed E-state index contributed by atoms with van der Waals surface area (Å²) in [6, 6.07) is 0. The number of aliphatic carboxylic acids is 1. The number of aliphatic hydroxyl groups excluding tert-OH is 3. The normalized spacial score (nSPS) is 54.0. The van der Waals surface area contributed by atoms with Crippen molar-refractivity contribution in [3.63, 3.8) is 0 Å². The molecule has 0 aliphatic heterocycles. The molecule has 1 unspecified atom stereocenters. The van der Waals surface area contributed by atoms with Crippen LogP contribution < -0.4 is 0 Å². The number of fused-ring (bicyclic) bond motifs is 5. The van der Waals surface area contributed by atoms with Gasteiger partial charge in [0.05, 0.1) is 18.3 Å². The fraction of sp³-hybridized carbons (Fsp3) is 0.960. The van der Waals surface area contributed by atoms with Gasteiger partial charge < -0.3 is 20.4 Å². The van der Waals surface area contributed by atoms with Crippen LogP contribution in [0.5, 0.6) is 0 Å². The molecule has 4 aliphatic carbocycles. The molecule has 0 aromatic carbocycles. The number of carboxylic acid groups (broad SMARTS) is 1. The van der Waals surface area contributed by atoms with Crippen molar-refractivity contribution in [2.24, 2.45) is 52.3 Å². The Labute approximate surface area is 181 Å². The lowest BCUT2D eigenvalue weighted by Gasteiger charge is -2.65. The molecule has 0 radical (unpaired) electrons. The van der Waals surface area contributed by atoms with Crippen LogP contribution in [0.15, 0.2) is 0 Å². The predicted octanol–water partition coefficient (Wildman–Crippen LogP) is 3.69. The highest BCUT2D eigenvalue weighted by atomic mass is 16.4. The van der Waals surface area contributed by atoms with E-state index in [0.29, 0.717) is 24.2 Å². The minimum atomic E-state index is -0.749. The van der Waals surface area contributed by atoms with Gasteiger partial charge in [0, 0.05) is 6.42 Å². The van der Waals surface area contributed by atoms with Crippen LogP contribution in [0.25, 0.3) is 0 Å². The molecule has 0 aromatic heterocycles. The lowest BCUT2D eigenvalue weighted by molar-refractivity contribution is -0.225. The quantitative estimate of drug-likeness (QED) is 0.554. The molecule has 172 valence electrons. The second kappa shape index (κ2) is 7.74. The average Bonchev–Trinajstić information content (AvgIpc) is 3.05. The molecule has 0 amide bonds. The van der Waals surface area contributed by atoms with E-state index in [1.165, 1.54) is 0 Å². The molecule has 4 fully saturated rings. The predicted molar refractivity (Wildman–Crippen MR) is 115 cm³/mol. The zero-order chi connectivity index (χ0) is 22.0. The minimum absolute atomic E-state index is 0.0673. The Morgan fingerprint density at radius 1 is 1.03 bits per heavy atom. The van der Waals surface area contributed by atoms with Gasteiger partial charge in [0.25, 0.3) is 0 Å². The summed E-state index contributed by atoms with van der Waals surface area (Å²) in [5, 5.41) is 42.5. The molecule has 4 N–H and O–H groups in total. The lowest BCUT2D eigenvalue weighted by atomic mass is 9.41. The van der Waals surface area contributed by atoms with Gasteiger partial charge in [-0.1, -0.05) is 27.7 Å². The third-order valence-corrected chi connectivity index (χ3v) is 10.8. The van der Waals surface area contributed by atoms with Gasteiger partial charge in [0.2, 0.25) is 0 Å². The highest BCUT2D eigenvalue weighted by molar-refractivity contribution is 5.66. The fourth-order valence-electron chi connectivity index (χ4n) is 9.13. The lowest BCUT2D eigenvalue weighted by Crippen LogP contribution is -2.64. The minimum Gasteiger partial charge on any atom is -0.481 e. The molecular formula is C25H42O5. The first-order valence-electron chi connectivity index (χ1n) is 12.3. The summed E-state index contributed by atoms with van der Waals surface area (Å²) in [4.78, 5) is 11.1. The van der Waals surface area contributed by atoms with Crippen LogP contribution >= 0.6 is 0 Å². The van der Waals surface area contributed by atoms with Crippen LogP contribution in [-0.2, 0) is 4.79 Å². The number of aliphatic hydroxyl groups is 3. The molecule has 30 heavy (non-hydrogen) atoms. The van der Waals surface area contributed by atoms with Crippen LogP contribution in [0.3, 0.4) is 0 Å². The van der Waals surface area contributed by atoms with Gasteiger partial charge in [-0.15, -0.1) is 0 Å². The number of hydrogen-bond donors (Lipinski definition) is 4. The maximum atomic E-state index is 11.5. The van der Waals surface area contributed by atoms with Crippen molar-refractivity contribution < 1.29 is 25.2 Å². The first kappa shape index (κ1) is 22.5. The Bertz CT molecular complexity index is 666. The van der Waals surface area contributed by atoms with Crippen molar-refractivity contribution in [1.82, 2.24) is 0 Å². The maximum Gasteiger partial charge on any atom is 0.303 e. The van der Waals surface area contributed by atoms with Crippen molar-refractivity contribution in [1.29, 1.82) is 0 Å². The molecule has 5 heteroatoms. The number of carboxylic acids is 1.